The number of hydrazone groups is 1. The zero-order valence-corrected chi connectivity index (χ0v) is 21.7. The zero-order valence-electron chi connectivity index (χ0n) is 21.7. The smallest absolute Gasteiger partial charge is 0.335 e. The molecule has 0 saturated heterocycles. The van der Waals surface area contributed by atoms with Gasteiger partial charge in [-0.3, -0.25) is 4.79 Å². The van der Waals surface area contributed by atoms with Gasteiger partial charge in [0.1, 0.15) is 6.61 Å². The van der Waals surface area contributed by atoms with Crippen LogP contribution < -0.4 is 24.4 Å². The third-order valence-electron chi connectivity index (χ3n) is 5.21. The van der Waals surface area contributed by atoms with E-state index in [1.807, 2.05) is 20.8 Å². The highest BCUT2D eigenvalue weighted by atomic mass is 16.5. The molecule has 38 heavy (non-hydrogen) atoms. The highest BCUT2D eigenvalue weighted by Gasteiger charge is 2.12. The maximum atomic E-state index is 12.6. The van der Waals surface area contributed by atoms with E-state index in [0.717, 1.165) is 12.0 Å². The Kier molecular flexibility index (Phi) is 10.5. The molecule has 0 unspecified atom stereocenters. The highest BCUT2D eigenvalue weighted by molar-refractivity contribution is 5.95. The standard InChI is InChI=1S/C29H32N2O7/c1-4-15-37-24-14-12-23(17-27(24)36-6-3)28(32)31-30-18-21-9-13-25(26(16-21)35-5-2)38-19-20-7-10-22(11-8-20)29(33)34/h7-14,16-18H,4-6,15,19H2,1-3H3,(H,31,32)(H,33,34)/b30-18+. The van der Waals surface area contributed by atoms with Gasteiger partial charge in [-0.15, -0.1) is 0 Å². The van der Waals surface area contributed by atoms with Crippen LogP contribution in [-0.2, 0) is 6.61 Å². The van der Waals surface area contributed by atoms with Crippen LogP contribution >= 0.6 is 0 Å². The van der Waals surface area contributed by atoms with E-state index < -0.39 is 5.97 Å². The largest absolute Gasteiger partial charge is 0.490 e. The van der Waals surface area contributed by atoms with Crippen molar-refractivity contribution < 1.29 is 33.6 Å². The normalized spacial score (nSPS) is 10.7. The SMILES string of the molecule is CCCOc1ccc(C(=O)N/N=C/c2ccc(OCc3ccc(C(=O)O)cc3)c(OCC)c2)cc1OCC. The monoisotopic (exact) mass is 520 g/mol. The number of nitrogens with zero attached hydrogens (tertiary/aromatic N) is 1. The number of carboxylic acids is 1. The van der Waals surface area contributed by atoms with Crippen LogP contribution in [0.5, 0.6) is 23.0 Å². The van der Waals surface area contributed by atoms with Gasteiger partial charge in [-0.05, 0) is 79.9 Å². The molecule has 2 N–H and O–H groups in total. The molecule has 0 spiro atoms. The Bertz CT molecular complexity index is 1260. The van der Waals surface area contributed by atoms with Gasteiger partial charge in [-0.2, -0.15) is 5.10 Å². The lowest BCUT2D eigenvalue weighted by Crippen LogP contribution is -2.17. The van der Waals surface area contributed by atoms with Gasteiger partial charge in [0.2, 0.25) is 0 Å². The van der Waals surface area contributed by atoms with Gasteiger partial charge in [-0.1, -0.05) is 19.1 Å². The van der Waals surface area contributed by atoms with Crippen molar-refractivity contribution in [3.63, 3.8) is 0 Å². The van der Waals surface area contributed by atoms with Crippen LogP contribution in [-0.4, -0.2) is 43.0 Å². The summed E-state index contributed by atoms with van der Waals surface area (Å²) in [5.41, 5.74) is 4.65. The second kappa shape index (κ2) is 14.3. The van der Waals surface area contributed by atoms with Gasteiger partial charge in [0.05, 0.1) is 31.6 Å². The van der Waals surface area contributed by atoms with Crippen molar-refractivity contribution in [3.8, 4) is 23.0 Å². The molecular weight excluding hydrogens is 488 g/mol. The number of ether oxygens (including phenoxy) is 4. The van der Waals surface area contributed by atoms with Crippen LogP contribution in [0.25, 0.3) is 0 Å². The van der Waals surface area contributed by atoms with Crippen LogP contribution in [0.2, 0.25) is 0 Å². The number of carbonyl (C=O) groups is 2. The number of amides is 1. The molecule has 0 aliphatic rings. The number of rotatable bonds is 14. The van der Waals surface area contributed by atoms with E-state index in [-0.39, 0.29) is 18.1 Å². The first kappa shape index (κ1) is 28.0. The van der Waals surface area contributed by atoms with E-state index in [1.165, 1.54) is 18.3 Å². The molecule has 0 saturated carbocycles. The van der Waals surface area contributed by atoms with Crippen LogP contribution in [0.3, 0.4) is 0 Å². The fourth-order valence-corrected chi connectivity index (χ4v) is 3.38. The van der Waals surface area contributed by atoms with Crippen molar-refractivity contribution in [2.24, 2.45) is 5.10 Å². The minimum Gasteiger partial charge on any atom is -0.490 e. The summed E-state index contributed by atoms with van der Waals surface area (Å²) >= 11 is 0. The van der Waals surface area contributed by atoms with Crippen molar-refractivity contribution >= 4 is 18.1 Å². The van der Waals surface area contributed by atoms with Crippen LogP contribution in [0.15, 0.2) is 65.8 Å². The molecule has 3 aromatic rings. The number of carbonyl (C=O) groups excluding carboxylic acids is 1. The van der Waals surface area contributed by atoms with Crippen molar-refractivity contribution in [1.82, 2.24) is 5.43 Å². The third kappa shape index (κ3) is 7.99. The summed E-state index contributed by atoms with van der Waals surface area (Å²) in [6.07, 6.45) is 2.38. The van der Waals surface area contributed by atoms with Gasteiger partial charge in [0.25, 0.3) is 5.91 Å². The Morgan fingerprint density at radius 2 is 1.42 bits per heavy atom. The molecule has 3 rings (SSSR count). The molecule has 200 valence electrons. The summed E-state index contributed by atoms with van der Waals surface area (Å²) in [5, 5.41) is 13.1. The fraction of sp³-hybridized carbons (Fsp3) is 0.276. The van der Waals surface area contributed by atoms with Crippen LogP contribution in [0.4, 0.5) is 0 Å². The van der Waals surface area contributed by atoms with Gasteiger partial charge >= 0.3 is 5.97 Å². The predicted molar refractivity (Wildman–Crippen MR) is 144 cm³/mol. The summed E-state index contributed by atoms with van der Waals surface area (Å²) in [6, 6.07) is 16.8. The minimum absolute atomic E-state index is 0.215. The van der Waals surface area contributed by atoms with Crippen LogP contribution in [0.1, 0.15) is 59.0 Å². The number of aromatic carboxylic acids is 1. The average molecular weight is 521 g/mol. The summed E-state index contributed by atoms with van der Waals surface area (Å²) < 4.78 is 22.9. The lowest BCUT2D eigenvalue weighted by Gasteiger charge is -2.13. The average Bonchev–Trinajstić information content (AvgIpc) is 2.92. The molecule has 1 amide bonds. The van der Waals surface area contributed by atoms with Crippen molar-refractivity contribution in [1.29, 1.82) is 0 Å². The lowest BCUT2D eigenvalue weighted by molar-refractivity contribution is 0.0696. The maximum Gasteiger partial charge on any atom is 0.335 e. The number of nitrogens with one attached hydrogen (secondary N) is 1. The molecular formula is C29H32N2O7. The Morgan fingerprint density at radius 3 is 2.08 bits per heavy atom. The fourth-order valence-electron chi connectivity index (χ4n) is 3.38. The Labute approximate surface area is 222 Å². The second-order valence-electron chi connectivity index (χ2n) is 8.07. The van der Waals surface area contributed by atoms with E-state index in [9.17, 15) is 9.59 Å². The van der Waals surface area contributed by atoms with E-state index in [4.69, 9.17) is 24.1 Å². The Morgan fingerprint density at radius 1 is 0.789 bits per heavy atom. The third-order valence-corrected chi connectivity index (χ3v) is 5.21. The van der Waals surface area contributed by atoms with E-state index >= 15 is 0 Å². The van der Waals surface area contributed by atoms with E-state index in [1.54, 1.807) is 48.5 Å². The number of hydrogen-bond acceptors (Lipinski definition) is 7. The molecule has 9 heteroatoms. The Hall–Kier alpha value is -4.53. The Balaban J connectivity index is 1.64. The van der Waals surface area contributed by atoms with Gasteiger partial charge in [-0.25, -0.2) is 10.2 Å². The van der Waals surface area contributed by atoms with Gasteiger partial charge in [0.15, 0.2) is 23.0 Å². The van der Waals surface area contributed by atoms with Crippen molar-refractivity contribution in [2.45, 2.75) is 33.8 Å². The predicted octanol–water partition coefficient (Wildman–Crippen LogP) is 5.31. The quantitative estimate of drug-likeness (QED) is 0.218. The summed E-state index contributed by atoms with van der Waals surface area (Å²) in [4.78, 5) is 23.6. The first-order chi connectivity index (χ1) is 18.4. The van der Waals surface area contributed by atoms with Gasteiger partial charge < -0.3 is 24.1 Å². The molecule has 3 aromatic carbocycles. The first-order valence-electron chi connectivity index (χ1n) is 12.4. The minimum atomic E-state index is -0.977. The maximum absolute atomic E-state index is 12.6. The molecule has 9 nitrogen and oxygen atoms in total. The summed E-state index contributed by atoms with van der Waals surface area (Å²) in [5.74, 6) is 0.792. The van der Waals surface area contributed by atoms with Gasteiger partial charge in [0, 0.05) is 5.56 Å². The molecule has 0 aliphatic heterocycles. The van der Waals surface area contributed by atoms with E-state index in [2.05, 4.69) is 10.5 Å². The number of carboxylic acid groups (broad SMARTS) is 1. The molecule has 0 aromatic heterocycles. The molecule has 0 heterocycles. The molecule has 0 aliphatic carbocycles. The topological polar surface area (TPSA) is 116 Å². The molecule has 0 radical (unpaired) electrons. The molecule has 0 atom stereocenters. The van der Waals surface area contributed by atoms with E-state index in [0.29, 0.717) is 53.9 Å². The lowest BCUT2D eigenvalue weighted by atomic mass is 10.1. The summed E-state index contributed by atoms with van der Waals surface area (Å²) in [6.45, 7) is 7.43. The number of benzene rings is 3. The molecule has 0 fully saturated rings. The molecule has 0 bridgehead atoms. The summed E-state index contributed by atoms with van der Waals surface area (Å²) in [7, 11) is 0. The highest BCUT2D eigenvalue weighted by Crippen LogP contribution is 2.30. The first-order valence-corrected chi connectivity index (χ1v) is 12.4. The second-order valence-corrected chi connectivity index (χ2v) is 8.07. The van der Waals surface area contributed by atoms with Crippen molar-refractivity contribution in [3.05, 3.63) is 82.9 Å². The zero-order chi connectivity index (χ0) is 27.3. The van der Waals surface area contributed by atoms with Crippen molar-refractivity contribution in [2.75, 3.05) is 19.8 Å². The number of hydrogen-bond donors (Lipinski definition) is 2. The van der Waals surface area contributed by atoms with Crippen LogP contribution in [0, 0.1) is 0 Å².